The van der Waals surface area contributed by atoms with Gasteiger partial charge in [0, 0.05) is 19.6 Å². The third kappa shape index (κ3) is 8.13. The Kier molecular flexibility index (Phi) is 9.49. The van der Waals surface area contributed by atoms with Crippen LogP contribution in [-0.2, 0) is 0 Å². The minimum atomic E-state index is 0. The third-order valence-electron chi connectivity index (χ3n) is 2.63. The Morgan fingerprint density at radius 3 is 2.65 bits per heavy atom. The first-order chi connectivity index (χ1) is 7.61. The largest absolute Gasteiger partial charge is 0.370 e. The fraction of sp³-hybridized carbons (Fsp3) is 0.917. The van der Waals surface area contributed by atoms with E-state index in [1.54, 1.807) is 0 Å². The van der Waals surface area contributed by atoms with E-state index < -0.39 is 0 Å². The van der Waals surface area contributed by atoms with Crippen LogP contribution in [0.3, 0.4) is 0 Å². The summed E-state index contributed by atoms with van der Waals surface area (Å²) in [6.07, 6.45) is 3.69. The van der Waals surface area contributed by atoms with E-state index in [0.717, 1.165) is 24.8 Å². The number of hydrogen-bond donors (Lipinski definition) is 1. The second-order valence-corrected chi connectivity index (χ2v) is 6.05. The highest BCUT2D eigenvalue weighted by molar-refractivity contribution is 14.0. The minimum absolute atomic E-state index is 0. The predicted molar refractivity (Wildman–Crippen MR) is 89.5 cm³/mol. The van der Waals surface area contributed by atoms with Gasteiger partial charge in [-0.15, -0.1) is 24.0 Å². The molecule has 1 rings (SSSR count). The van der Waals surface area contributed by atoms with Gasteiger partial charge in [-0.2, -0.15) is 11.8 Å². The van der Waals surface area contributed by atoms with Crippen LogP contribution in [0, 0.1) is 5.92 Å². The SMILES string of the molecule is CC(C)CSCCCN=C(N)N(C)C1CC1.I. The number of thioether (sulfide) groups is 1. The molecule has 0 aliphatic heterocycles. The molecule has 1 saturated carbocycles. The van der Waals surface area contributed by atoms with Crippen molar-refractivity contribution in [3.63, 3.8) is 0 Å². The maximum Gasteiger partial charge on any atom is 0.191 e. The van der Waals surface area contributed by atoms with Gasteiger partial charge in [0.25, 0.3) is 0 Å². The molecule has 0 aromatic carbocycles. The van der Waals surface area contributed by atoms with Crippen molar-refractivity contribution < 1.29 is 0 Å². The molecule has 0 atom stereocenters. The van der Waals surface area contributed by atoms with E-state index in [0.29, 0.717) is 6.04 Å². The zero-order valence-corrected chi connectivity index (χ0v) is 14.3. The first-order valence-electron chi connectivity index (χ1n) is 6.21. The molecule has 0 unspecified atom stereocenters. The monoisotopic (exact) mass is 371 g/mol. The van der Waals surface area contributed by atoms with Crippen molar-refractivity contribution in [1.82, 2.24) is 4.90 Å². The van der Waals surface area contributed by atoms with Crippen LogP contribution < -0.4 is 5.73 Å². The molecule has 5 heteroatoms. The van der Waals surface area contributed by atoms with E-state index in [4.69, 9.17) is 5.73 Å². The van der Waals surface area contributed by atoms with Crippen LogP contribution in [0.5, 0.6) is 0 Å². The zero-order valence-electron chi connectivity index (χ0n) is 11.2. The molecule has 0 bridgehead atoms. The maximum atomic E-state index is 5.89. The lowest BCUT2D eigenvalue weighted by Crippen LogP contribution is -2.35. The van der Waals surface area contributed by atoms with Gasteiger partial charge in [-0.1, -0.05) is 13.8 Å². The summed E-state index contributed by atoms with van der Waals surface area (Å²) in [6.45, 7) is 5.38. The number of guanidine groups is 1. The van der Waals surface area contributed by atoms with Gasteiger partial charge in [-0.3, -0.25) is 4.99 Å². The fourth-order valence-electron chi connectivity index (χ4n) is 1.44. The average molecular weight is 371 g/mol. The van der Waals surface area contributed by atoms with Gasteiger partial charge in [0.15, 0.2) is 5.96 Å². The van der Waals surface area contributed by atoms with Crippen LogP contribution in [0.4, 0.5) is 0 Å². The van der Waals surface area contributed by atoms with E-state index in [1.807, 2.05) is 18.8 Å². The lowest BCUT2D eigenvalue weighted by atomic mass is 10.3. The van der Waals surface area contributed by atoms with Gasteiger partial charge in [-0.05, 0) is 36.7 Å². The quantitative estimate of drug-likeness (QED) is 0.324. The third-order valence-corrected chi connectivity index (χ3v) is 4.11. The summed E-state index contributed by atoms with van der Waals surface area (Å²) in [7, 11) is 2.05. The normalized spacial score (nSPS) is 15.9. The van der Waals surface area contributed by atoms with Crippen LogP contribution in [-0.4, -0.2) is 42.0 Å². The molecular formula is C12H26IN3S. The standard InChI is InChI=1S/C12H25N3S.HI/c1-10(2)9-16-8-4-7-14-12(13)15(3)11-5-6-11;/h10-11H,4-9H2,1-3H3,(H2,13,14);1H. The van der Waals surface area contributed by atoms with Crippen molar-refractivity contribution in [1.29, 1.82) is 0 Å². The van der Waals surface area contributed by atoms with Crippen molar-refractivity contribution in [2.75, 3.05) is 25.1 Å². The molecule has 3 nitrogen and oxygen atoms in total. The average Bonchev–Trinajstić information content (AvgIpc) is 3.05. The number of rotatable bonds is 7. The first kappa shape index (κ1) is 17.4. The molecule has 1 aliphatic rings. The fourth-order valence-corrected chi connectivity index (χ4v) is 2.41. The molecule has 0 spiro atoms. The summed E-state index contributed by atoms with van der Waals surface area (Å²) in [6, 6.07) is 0.666. The highest BCUT2D eigenvalue weighted by atomic mass is 127. The molecule has 17 heavy (non-hydrogen) atoms. The van der Waals surface area contributed by atoms with Crippen molar-refractivity contribution >= 4 is 41.7 Å². The zero-order chi connectivity index (χ0) is 12.0. The van der Waals surface area contributed by atoms with Crippen molar-refractivity contribution in [3.05, 3.63) is 0 Å². The Balaban J connectivity index is 0.00000256. The molecule has 2 N–H and O–H groups in total. The Bertz CT molecular complexity index is 230. The Labute approximate surface area is 127 Å². The minimum Gasteiger partial charge on any atom is -0.370 e. The van der Waals surface area contributed by atoms with Gasteiger partial charge in [-0.25, -0.2) is 0 Å². The summed E-state index contributed by atoms with van der Waals surface area (Å²) in [5.74, 6) is 3.96. The maximum absolute atomic E-state index is 5.89. The number of halogens is 1. The lowest BCUT2D eigenvalue weighted by molar-refractivity contribution is 0.487. The highest BCUT2D eigenvalue weighted by Gasteiger charge is 2.27. The smallest absolute Gasteiger partial charge is 0.191 e. The molecule has 0 radical (unpaired) electrons. The molecular weight excluding hydrogens is 345 g/mol. The summed E-state index contributed by atoms with van der Waals surface area (Å²) in [5.41, 5.74) is 5.89. The Morgan fingerprint density at radius 1 is 1.47 bits per heavy atom. The molecule has 0 aromatic heterocycles. The van der Waals surface area contributed by atoms with Crippen LogP contribution in [0.1, 0.15) is 33.1 Å². The highest BCUT2D eigenvalue weighted by Crippen LogP contribution is 2.24. The Morgan fingerprint density at radius 2 is 2.12 bits per heavy atom. The lowest BCUT2D eigenvalue weighted by Gasteiger charge is -2.16. The van der Waals surface area contributed by atoms with Gasteiger partial charge in [0.05, 0.1) is 0 Å². The molecule has 1 fully saturated rings. The van der Waals surface area contributed by atoms with Crippen LogP contribution >= 0.6 is 35.7 Å². The topological polar surface area (TPSA) is 41.6 Å². The van der Waals surface area contributed by atoms with E-state index in [1.165, 1.54) is 24.3 Å². The second kappa shape index (κ2) is 9.30. The van der Waals surface area contributed by atoms with Gasteiger partial charge < -0.3 is 10.6 Å². The van der Waals surface area contributed by atoms with E-state index in [2.05, 4.69) is 23.7 Å². The van der Waals surface area contributed by atoms with Gasteiger partial charge >= 0.3 is 0 Å². The Hall–Kier alpha value is 0.350. The molecule has 0 saturated heterocycles. The molecule has 0 amide bonds. The van der Waals surface area contributed by atoms with E-state index in [9.17, 15) is 0 Å². The summed E-state index contributed by atoms with van der Waals surface area (Å²) >= 11 is 2.02. The summed E-state index contributed by atoms with van der Waals surface area (Å²) in [4.78, 5) is 6.52. The van der Waals surface area contributed by atoms with Gasteiger partial charge in [0.2, 0.25) is 0 Å². The van der Waals surface area contributed by atoms with E-state index in [-0.39, 0.29) is 24.0 Å². The second-order valence-electron chi connectivity index (χ2n) is 4.90. The summed E-state index contributed by atoms with van der Waals surface area (Å²) < 4.78 is 0. The molecule has 102 valence electrons. The molecule has 0 heterocycles. The van der Waals surface area contributed by atoms with Crippen LogP contribution in [0.2, 0.25) is 0 Å². The van der Waals surface area contributed by atoms with Crippen molar-refractivity contribution in [2.45, 2.75) is 39.2 Å². The van der Waals surface area contributed by atoms with E-state index >= 15 is 0 Å². The molecule has 0 aromatic rings. The van der Waals surface area contributed by atoms with Gasteiger partial charge in [0.1, 0.15) is 0 Å². The summed E-state index contributed by atoms with van der Waals surface area (Å²) in [5, 5.41) is 0. The number of hydrogen-bond acceptors (Lipinski definition) is 2. The predicted octanol–water partition coefficient (Wildman–Crippen LogP) is 2.79. The van der Waals surface area contributed by atoms with Crippen molar-refractivity contribution in [3.8, 4) is 0 Å². The number of aliphatic imine (C=N–C) groups is 1. The van der Waals surface area contributed by atoms with Crippen molar-refractivity contribution in [2.24, 2.45) is 16.6 Å². The number of nitrogens with zero attached hydrogens (tertiary/aromatic N) is 2. The van der Waals surface area contributed by atoms with Crippen LogP contribution in [0.15, 0.2) is 4.99 Å². The molecule has 1 aliphatic carbocycles. The number of nitrogens with two attached hydrogens (primary N) is 1. The van der Waals surface area contributed by atoms with Crippen LogP contribution in [0.25, 0.3) is 0 Å². The first-order valence-corrected chi connectivity index (χ1v) is 7.37.